The van der Waals surface area contributed by atoms with Crippen LogP contribution in [-0.4, -0.2) is 16.8 Å². The van der Waals surface area contributed by atoms with E-state index in [1.54, 1.807) is 6.34 Å². The minimum absolute atomic E-state index is 0.346. The molecule has 3 nitrogen and oxygen atoms in total. The highest BCUT2D eigenvalue weighted by Crippen LogP contribution is 2.73. The molecular weight excluding hydrogens is 331 g/mol. The molecule has 0 radical (unpaired) electrons. The van der Waals surface area contributed by atoms with Gasteiger partial charge in [-0.25, -0.2) is 0 Å². The van der Waals surface area contributed by atoms with E-state index in [1.165, 1.54) is 28.3 Å². The molecule has 0 fully saturated rings. The molecule has 2 atom stereocenters. The Morgan fingerprint density at radius 3 is 2.09 bits per heavy atom. The molecule has 0 aromatic heterocycles. The number of benzene rings is 1. The van der Waals surface area contributed by atoms with Gasteiger partial charge in [-0.1, -0.05) is 68.2 Å². The van der Waals surface area contributed by atoms with Gasteiger partial charge in [0, 0.05) is 16.2 Å². The maximum absolute atomic E-state index is 13.1. The Labute approximate surface area is 143 Å². The summed E-state index contributed by atoms with van der Waals surface area (Å²) in [5.41, 5.74) is -0.494. The van der Waals surface area contributed by atoms with Crippen molar-refractivity contribution in [2.75, 3.05) is 5.32 Å². The first-order valence-electron chi connectivity index (χ1n) is 7.72. The summed E-state index contributed by atoms with van der Waals surface area (Å²) in [6.07, 6.45) is 3.59. The number of nitrogens with zero attached hydrogens (tertiary/aromatic N) is 1. The summed E-state index contributed by atoms with van der Waals surface area (Å²) in [7, 11) is 0. The molecule has 1 rings (SSSR count). The number of anilines is 1. The Morgan fingerprint density at radius 1 is 1.14 bits per heavy atom. The van der Waals surface area contributed by atoms with Crippen LogP contribution in [0.15, 0.2) is 29.0 Å². The zero-order valence-electron chi connectivity index (χ0n) is 14.1. The SMILES string of the molecule is CCC(C)SP(=O)(N=CNc1ccc(C)cc1)SC(C)CC. The molecule has 124 valence electrons. The van der Waals surface area contributed by atoms with E-state index in [2.05, 4.69) is 44.7 Å². The Morgan fingerprint density at radius 2 is 1.64 bits per heavy atom. The molecule has 0 bridgehead atoms. The average Bonchev–Trinajstić information content (AvgIpc) is 2.48. The van der Waals surface area contributed by atoms with Crippen molar-refractivity contribution >= 4 is 40.5 Å². The quantitative estimate of drug-likeness (QED) is 0.306. The maximum atomic E-state index is 13.1. The van der Waals surface area contributed by atoms with Crippen LogP contribution >= 0.6 is 28.5 Å². The number of nitrogens with one attached hydrogen (secondary N) is 1. The van der Waals surface area contributed by atoms with E-state index in [-0.39, 0.29) is 0 Å². The Bertz CT molecular complexity index is 503. The molecule has 1 N–H and O–H groups in total. The van der Waals surface area contributed by atoms with Crippen molar-refractivity contribution in [2.24, 2.45) is 4.76 Å². The van der Waals surface area contributed by atoms with Crippen molar-refractivity contribution in [3.63, 3.8) is 0 Å². The van der Waals surface area contributed by atoms with Crippen LogP contribution in [0, 0.1) is 6.92 Å². The molecule has 0 aliphatic rings. The van der Waals surface area contributed by atoms with E-state index < -0.39 is 5.70 Å². The Hall–Kier alpha value is -0.380. The largest absolute Gasteiger partial charge is 0.346 e. The van der Waals surface area contributed by atoms with Crippen LogP contribution in [0.5, 0.6) is 0 Å². The van der Waals surface area contributed by atoms with Crippen molar-refractivity contribution in [1.29, 1.82) is 0 Å². The van der Waals surface area contributed by atoms with E-state index in [0.29, 0.717) is 10.5 Å². The van der Waals surface area contributed by atoms with Gasteiger partial charge in [0.15, 0.2) is 0 Å². The highest BCUT2D eigenvalue weighted by molar-refractivity contribution is 8.90. The average molecular weight is 359 g/mol. The topological polar surface area (TPSA) is 41.5 Å². The standard InChI is InChI=1S/C16H27N2OPS2/c1-6-14(4)21-20(19,22-15(5)7-2)18-12-17-16-10-8-13(3)9-11-16/h8-12,14-15H,6-7H2,1-5H3,(H,17,18,19). The van der Waals surface area contributed by atoms with E-state index in [9.17, 15) is 4.57 Å². The fourth-order valence-electron chi connectivity index (χ4n) is 1.51. The lowest BCUT2D eigenvalue weighted by Gasteiger charge is -2.18. The molecule has 0 aliphatic carbocycles. The van der Waals surface area contributed by atoms with Crippen LogP contribution in [-0.2, 0) is 4.57 Å². The number of aryl methyl sites for hydroxylation is 1. The summed E-state index contributed by atoms with van der Waals surface area (Å²) < 4.78 is 17.5. The predicted octanol–water partition coefficient (Wildman–Crippen LogP) is 6.61. The smallest absolute Gasteiger partial charge is 0.300 e. The number of rotatable bonds is 9. The van der Waals surface area contributed by atoms with Crippen LogP contribution in [0.2, 0.25) is 0 Å². The van der Waals surface area contributed by atoms with Crippen LogP contribution in [0.3, 0.4) is 0 Å². The summed E-state index contributed by atoms with van der Waals surface area (Å²) >= 11 is 3.02. The van der Waals surface area contributed by atoms with Gasteiger partial charge in [0.25, 0.3) is 5.70 Å². The second-order valence-electron chi connectivity index (χ2n) is 5.37. The van der Waals surface area contributed by atoms with E-state index in [4.69, 9.17) is 0 Å². The van der Waals surface area contributed by atoms with Gasteiger partial charge in [-0.15, -0.1) is 0 Å². The van der Waals surface area contributed by atoms with E-state index in [1.807, 2.05) is 24.3 Å². The third kappa shape index (κ3) is 7.26. The Kier molecular flexibility index (Phi) is 8.66. The molecule has 0 heterocycles. The minimum Gasteiger partial charge on any atom is -0.346 e. The summed E-state index contributed by atoms with van der Waals surface area (Å²) in [5, 5.41) is 3.81. The third-order valence-corrected chi connectivity index (χ3v) is 11.4. The molecule has 0 saturated carbocycles. The van der Waals surface area contributed by atoms with Crippen molar-refractivity contribution < 1.29 is 4.57 Å². The summed E-state index contributed by atoms with van der Waals surface area (Å²) in [5.74, 6) is 0. The first-order valence-corrected chi connectivity index (χ1v) is 12.4. The monoisotopic (exact) mass is 358 g/mol. The highest BCUT2D eigenvalue weighted by Gasteiger charge is 2.27. The van der Waals surface area contributed by atoms with Crippen LogP contribution in [0.25, 0.3) is 0 Å². The summed E-state index contributed by atoms with van der Waals surface area (Å²) in [4.78, 5) is 0. The molecule has 1 aromatic carbocycles. The highest BCUT2D eigenvalue weighted by atomic mass is 33.1. The molecule has 6 heteroatoms. The molecular formula is C16H27N2OPS2. The van der Waals surface area contributed by atoms with Crippen LogP contribution in [0.1, 0.15) is 46.1 Å². The lowest BCUT2D eigenvalue weighted by molar-refractivity contribution is 0.594. The second-order valence-corrected chi connectivity index (χ2v) is 13.5. The van der Waals surface area contributed by atoms with E-state index in [0.717, 1.165) is 18.5 Å². The van der Waals surface area contributed by atoms with Crippen molar-refractivity contribution in [3.8, 4) is 0 Å². The second kappa shape index (κ2) is 9.69. The first-order chi connectivity index (χ1) is 10.4. The summed E-state index contributed by atoms with van der Waals surface area (Å²) in [6.45, 7) is 10.5. The van der Waals surface area contributed by atoms with Gasteiger partial charge in [0.1, 0.15) is 0 Å². The molecule has 2 unspecified atom stereocenters. The molecule has 1 aromatic rings. The van der Waals surface area contributed by atoms with Gasteiger partial charge in [-0.3, -0.25) is 4.57 Å². The first kappa shape index (κ1) is 19.7. The molecule has 0 aliphatic heterocycles. The van der Waals surface area contributed by atoms with Gasteiger partial charge < -0.3 is 5.32 Å². The van der Waals surface area contributed by atoms with Crippen LogP contribution < -0.4 is 5.32 Å². The lowest BCUT2D eigenvalue weighted by atomic mass is 10.2. The minimum atomic E-state index is -2.67. The normalized spacial score (nSPS) is 17.1. The van der Waals surface area contributed by atoms with Crippen molar-refractivity contribution in [3.05, 3.63) is 29.8 Å². The lowest BCUT2D eigenvalue weighted by Crippen LogP contribution is -1.97. The molecule has 0 amide bonds. The fourth-order valence-corrected chi connectivity index (χ4v) is 10.5. The number of hydrogen-bond acceptors (Lipinski definition) is 3. The van der Waals surface area contributed by atoms with E-state index >= 15 is 0 Å². The Balaban J connectivity index is 2.75. The van der Waals surface area contributed by atoms with Gasteiger partial charge in [0.05, 0.1) is 6.34 Å². The third-order valence-electron chi connectivity index (χ3n) is 3.26. The van der Waals surface area contributed by atoms with Gasteiger partial charge >= 0.3 is 0 Å². The molecule has 0 spiro atoms. The van der Waals surface area contributed by atoms with Crippen molar-refractivity contribution in [1.82, 2.24) is 0 Å². The maximum Gasteiger partial charge on any atom is 0.300 e. The fraction of sp³-hybridized carbons (Fsp3) is 0.562. The zero-order chi connectivity index (χ0) is 16.6. The predicted molar refractivity (Wildman–Crippen MR) is 106 cm³/mol. The van der Waals surface area contributed by atoms with Gasteiger partial charge in [-0.2, -0.15) is 4.76 Å². The summed E-state index contributed by atoms with van der Waals surface area (Å²) in [6, 6.07) is 8.07. The van der Waals surface area contributed by atoms with Gasteiger partial charge in [-0.05, 0) is 31.9 Å². The van der Waals surface area contributed by atoms with Gasteiger partial charge in [0.2, 0.25) is 0 Å². The zero-order valence-corrected chi connectivity index (χ0v) is 16.6. The molecule has 0 saturated heterocycles. The van der Waals surface area contributed by atoms with Crippen LogP contribution in [0.4, 0.5) is 5.69 Å². The number of hydrogen-bond donors (Lipinski definition) is 1. The molecule has 22 heavy (non-hydrogen) atoms. The van der Waals surface area contributed by atoms with Crippen molar-refractivity contribution in [2.45, 2.75) is 58.0 Å².